The predicted octanol–water partition coefficient (Wildman–Crippen LogP) is 3.09. The van der Waals surface area contributed by atoms with E-state index in [-0.39, 0.29) is 11.8 Å². The van der Waals surface area contributed by atoms with Crippen LogP contribution < -0.4 is 20.5 Å². The van der Waals surface area contributed by atoms with Crippen LogP contribution in [0.5, 0.6) is 11.5 Å². The van der Waals surface area contributed by atoms with Crippen LogP contribution in [0.3, 0.4) is 0 Å². The van der Waals surface area contributed by atoms with E-state index >= 15 is 0 Å². The van der Waals surface area contributed by atoms with Gasteiger partial charge in [0.05, 0.1) is 17.7 Å². The molecule has 0 aliphatic carbocycles. The van der Waals surface area contributed by atoms with Crippen molar-refractivity contribution < 1.29 is 19.1 Å². The summed E-state index contributed by atoms with van der Waals surface area (Å²) in [7, 11) is 1.58. The van der Waals surface area contributed by atoms with Gasteiger partial charge in [0.1, 0.15) is 17.3 Å². The Morgan fingerprint density at radius 3 is 2.78 bits per heavy atom. The lowest BCUT2D eigenvalue weighted by Crippen LogP contribution is -2.20. The number of nitrogens with one attached hydrogen (secondary N) is 1. The average Bonchev–Trinajstić information content (AvgIpc) is 2.99. The summed E-state index contributed by atoms with van der Waals surface area (Å²) in [6.07, 6.45) is 1.82. The standard InChI is InChI=1S/C19H17N3O4S/c1-25-14-6-3-5-13(10-14)21-18-16(27-19(24)22-18)9-12-4-2-7-15(8-12)26-11-17(20)23/h2-10H,11H2,1H3,(H2,20,23)(H,21,22,24)/b16-9-. The third-order valence-electron chi connectivity index (χ3n) is 3.49. The molecule has 3 N–H and O–H groups in total. The number of hydrogen-bond donors (Lipinski definition) is 2. The van der Waals surface area contributed by atoms with Gasteiger partial charge in [-0.25, -0.2) is 4.99 Å². The third-order valence-corrected chi connectivity index (χ3v) is 4.31. The van der Waals surface area contributed by atoms with Crippen LogP contribution in [0.4, 0.5) is 10.5 Å². The Balaban J connectivity index is 1.87. The number of amidine groups is 1. The molecule has 0 aromatic heterocycles. The molecule has 1 aliphatic rings. The monoisotopic (exact) mass is 383 g/mol. The van der Waals surface area contributed by atoms with Crippen molar-refractivity contribution in [1.29, 1.82) is 0 Å². The van der Waals surface area contributed by atoms with E-state index in [0.717, 1.165) is 17.3 Å². The fourth-order valence-corrected chi connectivity index (χ4v) is 3.06. The maximum absolute atomic E-state index is 11.8. The topological polar surface area (TPSA) is 103 Å². The number of benzene rings is 2. The fourth-order valence-electron chi connectivity index (χ4n) is 2.32. The van der Waals surface area contributed by atoms with Crippen LogP contribution in [0, 0.1) is 0 Å². The van der Waals surface area contributed by atoms with E-state index in [9.17, 15) is 9.59 Å². The van der Waals surface area contributed by atoms with E-state index in [1.807, 2.05) is 30.3 Å². The van der Waals surface area contributed by atoms with Gasteiger partial charge in [0.15, 0.2) is 6.61 Å². The Morgan fingerprint density at radius 2 is 2.00 bits per heavy atom. The van der Waals surface area contributed by atoms with Crippen LogP contribution in [-0.2, 0) is 4.79 Å². The zero-order chi connectivity index (χ0) is 19.2. The molecule has 1 aliphatic heterocycles. The van der Waals surface area contributed by atoms with Gasteiger partial charge in [0, 0.05) is 6.07 Å². The third kappa shape index (κ3) is 5.11. The summed E-state index contributed by atoms with van der Waals surface area (Å²) in [5.74, 6) is 1.10. The van der Waals surface area contributed by atoms with E-state index in [0.29, 0.717) is 27.9 Å². The average molecular weight is 383 g/mol. The second kappa shape index (κ2) is 8.41. The minimum atomic E-state index is -0.549. The van der Waals surface area contributed by atoms with Crippen molar-refractivity contribution in [2.45, 2.75) is 0 Å². The van der Waals surface area contributed by atoms with Gasteiger partial charge in [-0.05, 0) is 47.7 Å². The highest BCUT2D eigenvalue weighted by Crippen LogP contribution is 2.30. The first kappa shape index (κ1) is 18.5. The number of nitrogens with two attached hydrogens (primary N) is 1. The van der Waals surface area contributed by atoms with Crippen molar-refractivity contribution in [1.82, 2.24) is 5.32 Å². The number of carbonyl (C=O) groups excluding carboxylic acids is 2. The van der Waals surface area contributed by atoms with Crippen LogP contribution in [0.1, 0.15) is 5.56 Å². The molecular formula is C19H17N3O4S. The molecule has 2 aromatic rings. The van der Waals surface area contributed by atoms with Gasteiger partial charge < -0.3 is 20.5 Å². The second-order valence-corrected chi connectivity index (χ2v) is 6.53. The first-order chi connectivity index (χ1) is 13.0. The minimum Gasteiger partial charge on any atom is -0.497 e. The van der Waals surface area contributed by atoms with Gasteiger partial charge in [-0.3, -0.25) is 9.59 Å². The number of thioether (sulfide) groups is 1. The summed E-state index contributed by atoms with van der Waals surface area (Å²) in [4.78, 5) is 27.9. The number of amides is 2. The number of rotatable bonds is 6. The predicted molar refractivity (Wildman–Crippen MR) is 105 cm³/mol. The smallest absolute Gasteiger partial charge is 0.289 e. The summed E-state index contributed by atoms with van der Waals surface area (Å²) in [5, 5.41) is 2.53. The van der Waals surface area contributed by atoms with E-state index in [4.69, 9.17) is 15.2 Å². The first-order valence-corrected chi connectivity index (χ1v) is 8.80. The highest BCUT2D eigenvalue weighted by atomic mass is 32.2. The zero-order valence-corrected chi connectivity index (χ0v) is 15.3. The maximum Gasteiger partial charge on any atom is 0.289 e. The van der Waals surface area contributed by atoms with E-state index in [1.165, 1.54) is 0 Å². The number of aliphatic imine (C=N–C) groups is 1. The molecule has 0 radical (unpaired) electrons. The molecule has 0 saturated carbocycles. The Labute approximate surface area is 160 Å². The lowest BCUT2D eigenvalue weighted by Gasteiger charge is -2.05. The molecule has 1 fully saturated rings. The summed E-state index contributed by atoms with van der Waals surface area (Å²) in [6, 6.07) is 14.4. The quantitative estimate of drug-likeness (QED) is 0.798. The number of primary amides is 1. The molecule has 8 heteroatoms. The molecule has 0 atom stereocenters. The van der Waals surface area contributed by atoms with E-state index < -0.39 is 5.91 Å². The van der Waals surface area contributed by atoms with Crippen molar-refractivity contribution in [3.8, 4) is 11.5 Å². The lowest BCUT2D eigenvalue weighted by atomic mass is 10.2. The number of hydrogen-bond acceptors (Lipinski definition) is 6. The molecule has 0 spiro atoms. The van der Waals surface area contributed by atoms with Crippen LogP contribution >= 0.6 is 11.8 Å². The van der Waals surface area contributed by atoms with Gasteiger partial charge in [-0.15, -0.1) is 0 Å². The van der Waals surface area contributed by atoms with Gasteiger partial charge in [-0.2, -0.15) is 0 Å². The second-order valence-electron chi connectivity index (χ2n) is 5.51. The van der Waals surface area contributed by atoms with Crippen molar-refractivity contribution in [3.63, 3.8) is 0 Å². The van der Waals surface area contributed by atoms with Gasteiger partial charge >= 0.3 is 0 Å². The molecule has 0 unspecified atom stereocenters. The Bertz CT molecular complexity index is 940. The fraction of sp³-hybridized carbons (Fsp3) is 0.105. The Morgan fingerprint density at radius 1 is 1.22 bits per heavy atom. The first-order valence-electron chi connectivity index (χ1n) is 7.98. The lowest BCUT2D eigenvalue weighted by molar-refractivity contribution is -0.119. The molecule has 2 aromatic carbocycles. The Hall–Kier alpha value is -3.26. The van der Waals surface area contributed by atoms with Crippen LogP contribution in [0.15, 0.2) is 58.4 Å². The summed E-state index contributed by atoms with van der Waals surface area (Å²) >= 11 is 1.06. The van der Waals surface area contributed by atoms with E-state index in [2.05, 4.69) is 10.3 Å². The molecule has 3 rings (SSSR count). The molecule has 0 bridgehead atoms. The number of methoxy groups -OCH3 is 1. The van der Waals surface area contributed by atoms with Gasteiger partial charge in [-0.1, -0.05) is 18.2 Å². The minimum absolute atomic E-state index is 0.197. The molecule has 1 saturated heterocycles. The van der Waals surface area contributed by atoms with Crippen molar-refractivity contribution >= 4 is 40.5 Å². The van der Waals surface area contributed by atoms with Gasteiger partial charge in [0.25, 0.3) is 11.1 Å². The molecule has 138 valence electrons. The largest absolute Gasteiger partial charge is 0.497 e. The van der Waals surface area contributed by atoms with Crippen LogP contribution in [-0.4, -0.2) is 30.7 Å². The normalized spacial score (nSPS) is 16.4. The zero-order valence-electron chi connectivity index (χ0n) is 14.5. The number of carbonyl (C=O) groups is 2. The molecule has 7 nitrogen and oxygen atoms in total. The van der Waals surface area contributed by atoms with Gasteiger partial charge in [0.2, 0.25) is 0 Å². The summed E-state index contributed by atoms with van der Waals surface area (Å²) < 4.78 is 10.5. The number of nitrogens with zero attached hydrogens (tertiary/aromatic N) is 1. The summed E-state index contributed by atoms with van der Waals surface area (Å²) in [5.41, 5.74) is 6.55. The molecule has 27 heavy (non-hydrogen) atoms. The maximum atomic E-state index is 11.8. The molecular weight excluding hydrogens is 366 g/mol. The van der Waals surface area contributed by atoms with E-state index in [1.54, 1.807) is 31.4 Å². The molecule has 2 amide bonds. The highest BCUT2D eigenvalue weighted by molar-refractivity contribution is 8.18. The van der Waals surface area contributed by atoms with Crippen molar-refractivity contribution in [2.24, 2.45) is 10.7 Å². The summed E-state index contributed by atoms with van der Waals surface area (Å²) in [6.45, 7) is -0.197. The van der Waals surface area contributed by atoms with Crippen molar-refractivity contribution in [2.75, 3.05) is 13.7 Å². The highest BCUT2D eigenvalue weighted by Gasteiger charge is 2.23. The SMILES string of the molecule is COc1cccc(N=C2NC(=O)S/C2=C\c2cccc(OCC(N)=O)c2)c1. The Kier molecular flexibility index (Phi) is 5.77. The number of ether oxygens (including phenoxy) is 2. The van der Waals surface area contributed by atoms with Crippen LogP contribution in [0.2, 0.25) is 0 Å². The molecule has 1 heterocycles. The van der Waals surface area contributed by atoms with Crippen molar-refractivity contribution in [3.05, 3.63) is 59.0 Å². The van der Waals surface area contributed by atoms with Crippen LogP contribution in [0.25, 0.3) is 6.08 Å².